The summed E-state index contributed by atoms with van der Waals surface area (Å²) in [6, 6.07) is 8.21. The Bertz CT molecular complexity index is 1370. The fourth-order valence-electron chi connectivity index (χ4n) is 3.68. The van der Waals surface area contributed by atoms with Crippen LogP contribution < -0.4 is 0 Å². The topological polar surface area (TPSA) is 72.5 Å². The van der Waals surface area contributed by atoms with Gasteiger partial charge in [-0.1, -0.05) is 38.6 Å². The number of fused-ring (bicyclic) bond motifs is 1. The van der Waals surface area contributed by atoms with E-state index in [0.717, 1.165) is 6.07 Å². The highest BCUT2D eigenvalue weighted by Crippen LogP contribution is 2.48. The number of hydrogen-bond donors (Lipinski definition) is 1. The molecule has 3 aromatic rings. The quantitative estimate of drug-likeness (QED) is 0.148. The van der Waals surface area contributed by atoms with E-state index >= 15 is 0 Å². The van der Waals surface area contributed by atoms with E-state index in [1.165, 1.54) is 30.0 Å². The molecule has 0 unspecified atom stereocenters. The summed E-state index contributed by atoms with van der Waals surface area (Å²) in [7, 11) is -2.32. The second kappa shape index (κ2) is 9.25. The first kappa shape index (κ1) is 27.8. The molecule has 36 heavy (non-hydrogen) atoms. The summed E-state index contributed by atoms with van der Waals surface area (Å²) in [5.41, 5.74) is -1.79. The van der Waals surface area contributed by atoms with E-state index < -0.39 is 36.3 Å². The molecule has 1 heterocycles. The van der Waals surface area contributed by atoms with Crippen molar-refractivity contribution in [2.24, 2.45) is 0 Å². The van der Waals surface area contributed by atoms with Crippen LogP contribution in [0.1, 0.15) is 45.9 Å². The number of nitrogens with zero attached hydrogens (tertiary/aromatic N) is 2. The SMILES string of the molecule is [C-]#[N+]c1cc2c(Sc3cccc([N+](=O)[O-])c3)c(C(C)(C)O[Si](C)(C)C(C)(C)C)[nH]c2cc1C(F)(F)F. The lowest BCUT2D eigenvalue weighted by Gasteiger charge is -2.42. The summed E-state index contributed by atoms with van der Waals surface area (Å²) in [6.45, 7) is 21.5. The maximum Gasteiger partial charge on any atom is 0.407 e. The van der Waals surface area contributed by atoms with E-state index in [4.69, 9.17) is 11.0 Å². The molecule has 6 nitrogen and oxygen atoms in total. The molecular formula is C25H28F3N3O3SSi. The zero-order valence-electron chi connectivity index (χ0n) is 21.1. The van der Waals surface area contributed by atoms with Gasteiger partial charge in [-0.25, -0.2) is 4.85 Å². The van der Waals surface area contributed by atoms with Gasteiger partial charge in [-0.2, -0.15) is 13.2 Å². The number of hydrogen-bond acceptors (Lipinski definition) is 4. The summed E-state index contributed by atoms with van der Waals surface area (Å²) in [5.74, 6) is 0. The number of nitrogens with one attached hydrogen (secondary N) is 1. The van der Waals surface area contributed by atoms with Gasteiger partial charge >= 0.3 is 6.18 Å². The van der Waals surface area contributed by atoms with Crippen LogP contribution >= 0.6 is 11.8 Å². The van der Waals surface area contributed by atoms with Crippen molar-refractivity contribution in [2.75, 3.05) is 0 Å². The third-order valence-corrected chi connectivity index (χ3v) is 12.2. The summed E-state index contributed by atoms with van der Waals surface area (Å²) in [5, 5.41) is 11.6. The first-order valence-corrected chi connectivity index (χ1v) is 14.9. The Morgan fingerprint density at radius 3 is 2.28 bits per heavy atom. The van der Waals surface area contributed by atoms with Crippen LogP contribution in [0, 0.1) is 16.7 Å². The molecule has 2 aromatic carbocycles. The van der Waals surface area contributed by atoms with E-state index in [0.29, 0.717) is 20.9 Å². The van der Waals surface area contributed by atoms with E-state index in [1.54, 1.807) is 12.1 Å². The normalized spacial score (nSPS) is 13.1. The van der Waals surface area contributed by atoms with Gasteiger partial charge in [0.15, 0.2) is 14.0 Å². The number of alkyl halides is 3. The number of rotatable bonds is 6. The number of nitro groups is 1. The van der Waals surface area contributed by atoms with Crippen LogP contribution in [0.25, 0.3) is 15.7 Å². The maximum atomic E-state index is 13.7. The number of aromatic nitrogens is 1. The molecule has 0 saturated carbocycles. The minimum absolute atomic E-state index is 0.0978. The van der Waals surface area contributed by atoms with E-state index in [-0.39, 0.29) is 16.2 Å². The van der Waals surface area contributed by atoms with Crippen LogP contribution in [0.2, 0.25) is 18.1 Å². The van der Waals surface area contributed by atoms with Crippen molar-refractivity contribution in [1.82, 2.24) is 4.98 Å². The summed E-state index contributed by atoms with van der Waals surface area (Å²) < 4.78 is 47.7. The molecule has 1 aromatic heterocycles. The van der Waals surface area contributed by atoms with Gasteiger partial charge in [-0.3, -0.25) is 10.1 Å². The Hall–Kier alpha value is -2.81. The lowest BCUT2D eigenvalue weighted by Crippen LogP contribution is -2.46. The molecule has 0 aliphatic heterocycles. The Morgan fingerprint density at radius 2 is 1.75 bits per heavy atom. The molecule has 3 rings (SSSR count). The predicted octanol–water partition coefficient (Wildman–Crippen LogP) is 9.05. The van der Waals surface area contributed by atoms with Crippen LogP contribution in [0.5, 0.6) is 0 Å². The van der Waals surface area contributed by atoms with Crippen molar-refractivity contribution in [2.45, 2.75) is 74.3 Å². The number of halogens is 3. The van der Waals surface area contributed by atoms with Gasteiger partial charge in [-0.15, -0.1) is 0 Å². The van der Waals surface area contributed by atoms with Crippen molar-refractivity contribution in [3.63, 3.8) is 0 Å². The highest BCUT2D eigenvalue weighted by molar-refractivity contribution is 7.99. The van der Waals surface area contributed by atoms with Gasteiger partial charge in [0.1, 0.15) is 0 Å². The van der Waals surface area contributed by atoms with Crippen LogP contribution in [-0.4, -0.2) is 18.2 Å². The lowest BCUT2D eigenvalue weighted by molar-refractivity contribution is -0.385. The zero-order valence-corrected chi connectivity index (χ0v) is 22.9. The third-order valence-electron chi connectivity index (χ3n) is 6.46. The molecule has 0 aliphatic carbocycles. The van der Waals surface area contributed by atoms with Gasteiger partial charge in [0.05, 0.1) is 28.4 Å². The van der Waals surface area contributed by atoms with Crippen molar-refractivity contribution < 1.29 is 22.5 Å². The summed E-state index contributed by atoms with van der Waals surface area (Å²) >= 11 is 1.19. The molecule has 0 aliphatic rings. The molecule has 0 bridgehead atoms. The predicted molar refractivity (Wildman–Crippen MR) is 138 cm³/mol. The van der Waals surface area contributed by atoms with Crippen LogP contribution in [0.3, 0.4) is 0 Å². The van der Waals surface area contributed by atoms with Crippen LogP contribution in [0.15, 0.2) is 46.2 Å². The molecule has 192 valence electrons. The fraction of sp³-hybridized carbons (Fsp3) is 0.400. The van der Waals surface area contributed by atoms with Crippen molar-refractivity contribution >= 4 is 42.4 Å². The fourth-order valence-corrected chi connectivity index (χ4v) is 6.60. The number of nitro benzene ring substituents is 1. The standard InChI is InChI=1S/C25H28F3N3O3SSi/c1-23(2,3)36(7,8)34-24(4,5)22-21(35-16-11-9-10-15(12-16)31(32)33)17-13-20(29-6)18(25(26,27)28)14-19(17)30-22/h9-14,30H,1-5,7-8H3. The van der Waals surface area contributed by atoms with E-state index in [9.17, 15) is 23.3 Å². The summed E-state index contributed by atoms with van der Waals surface area (Å²) in [6.07, 6.45) is -4.69. The molecular weight excluding hydrogens is 507 g/mol. The number of H-pyrrole nitrogens is 1. The first-order chi connectivity index (χ1) is 16.4. The number of benzene rings is 2. The molecule has 0 spiro atoms. The largest absolute Gasteiger partial charge is 0.407 e. The molecule has 0 fully saturated rings. The molecule has 0 amide bonds. The first-order valence-electron chi connectivity index (χ1n) is 11.1. The van der Waals surface area contributed by atoms with Crippen molar-refractivity contribution in [3.8, 4) is 0 Å². The molecule has 0 atom stereocenters. The van der Waals surface area contributed by atoms with Crippen LogP contribution in [0.4, 0.5) is 24.5 Å². The number of aromatic amines is 1. The smallest absolute Gasteiger partial charge is 0.406 e. The summed E-state index contributed by atoms with van der Waals surface area (Å²) in [4.78, 5) is 18.2. The maximum absolute atomic E-state index is 13.7. The van der Waals surface area contributed by atoms with Gasteiger partial charge in [0.2, 0.25) is 0 Å². The molecule has 1 N–H and O–H groups in total. The molecule has 11 heteroatoms. The Morgan fingerprint density at radius 1 is 1.11 bits per heavy atom. The average Bonchev–Trinajstić information content (AvgIpc) is 3.09. The van der Waals surface area contributed by atoms with Crippen LogP contribution in [-0.2, 0) is 16.2 Å². The van der Waals surface area contributed by atoms with Gasteiger partial charge in [0, 0.05) is 32.8 Å². The molecule has 0 saturated heterocycles. The van der Waals surface area contributed by atoms with Crippen molar-refractivity contribution in [3.05, 3.63) is 69.2 Å². The lowest BCUT2D eigenvalue weighted by atomic mass is 10.1. The zero-order chi connectivity index (χ0) is 27.3. The Balaban J connectivity index is 2.29. The monoisotopic (exact) mass is 535 g/mol. The van der Waals surface area contributed by atoms with E-state index in [1.807, 2.05) is 13.8 Å². The third kappa shape index (κ3) is 5.45. The second-order valence-electron chi connectivity index (χ2n) is 10.6. The second-order valence-corrected chi connectivity index (χ2v) is 16.4. The average molecular weight is 536 g/mol. The number of non-ortho nitro benzene ring substituents is 1. The van der Waals surface area contributed by atoms with E-state index in [2.05, 4.69) is 43.7 Å². The highest BCUT2D eigenvalue weighted by atomic mass is 32.2. The van der Waals surface area contributed by atoms with Gasteiger partial charge in [-0.05, 0) is 50.2 Å². The highest BCUT2D eigenvalue weighted by Gasteiger charge is 2.43. The molecule has 0 radical (unpaired) electrons. The Labute approximate surface area is 213 Å². The van der Waals surface area contributed by atoms with Crippen molar-refractivity contribution in [1.29, 1.82) is 0 Å². The minimum Gasteiger partial charge on any atom is -0.406 e. The van der Waals surface area contributed by atoms with Gasteiger partial charge < -0.3 is 9.41 Å². The minimum atomic E-state index is -4.69. The Kier molecular flexibility index (Phi) is 7.13. The van der Waals surface area contributed by atoms with Gasteiger partial charge in [0.25, 0.3) is 5.69 Å².